The third-order valence-corrected chi connectivity index (χ3v) is 5.64. The van der Waals surface area contributed by atoms with Crippen LogP contribution in [0.1, 0.15) is 42.5 Å². The van der Waals surface area contributed by atoms with Crippen LogP contribution >= 0.6 is 0 Å². The van der Waals surface area contributed by atoms with Crippen LogP contribution in [0.4, 0.5) is 0 Å². The fraction of sp³-hybridized carbons (Fsp3) is 0.667. The van der Waals surface area contributed by atoms with Crippen molar-refractivity contribution in [2.24, 2.45) is 5.73 Å². The third-order valence-electron chi connectivity index (χ3n) is 5.64. The number of hydrogen-bond donors (Lipinski definition) is 3. The first-order valence-corrected chi connectivity index (χ1v) is 10.4. The monoisotopic (exact) mass is 391 g/mol. The number of nitrogens with zero attached hydrogens (tertiary/aromatic N) is 1. The Morgan fingerprint density at radius 1 is 1.21 bits per heavy atom. The summed E-state index contributed by atoms with van der Waals surface area (Å²) in [6.07, 6.45) is 4.07. The van der Waals surface area contributed by atoms with Crippen molar-refractivity contribution in [3.05, 3.63) is 29.8 Å². The zero-order valence-electron chi connectivity index (χ0n) is 16.5. The van der Waals surface area contributed by atoms with Gasteiger partial charge >= 0.3 is 0 Å². The number of rotatable bonds is 7. The number of aliphatic hydroxyl groups excluding tert-OH is 1. The van der Waals surface area contributed by atoms with E-state index in [1.54, 1.807) is 24.3 Å². The van der Waals surface area contributed by atoms with Gasteiger partial charge in [-0.1, -0.05) is 12.8 Å². The van der Waals surface area contributed by atoms with E-state index in [1.807, 2.05) is 0 Å². The number of carbonyl (C=O) groups excluding carboxylic acids is 1. The van der Waals surface area contributed by atoms with Crippen molar-refractivity contribution in [2.45, 2.75) is 50.3 Å². The number of carbonyl (C=O) groups is 1. The van der Waals surface area contributed by atoms with Crippen molar-refractivity contribution in [1.29, 1.82) is 0 Å². The fourth-order valence-corrected chi connectivity index (χ4v) is 4.02. The molecule has 4 N–H and O–H groups in total. The normalized spacial score (nSPS) is 26.4. The van der Waals surface area contributed by atoms with E-state index < -0.39 is 6.10 Å². The maximum atomic E-state index is 12.7. The van der Waals surface area contributed by atoms with Crippen LogP contribution in [0.5, 0.6) is 5.75 Å². The average molecular weight is 392 g/mol. The highest BCUT2D eigenvalue weighted by Crippen LogP contribution is 2.24. The Kier molecular flexibility index (Phi) is 8.09. The minimum absolute atomic E-state index is 0.0787. The molecule has 0 aromatic heterocycles. The lowest BCUT2D eigenvalue weighted by Gasteiger charge is -2.38. The minimum Gasteiger partial charge on any atom is -0.494 e. The van der Waals surface area contributed by atoms with Crippen LogP contribution in [0.15, 0.2) is 24.3 Å². The van der Waals surface area contributed by atoms with Gasteiger partial charge in [0.05, 0.1) is 32.0 Å². The van der Waals surface area contributed by atoms with Gasteiger partial charge in [-0.2, -0.15) is 0 Å². The molecule has 0 radical (unpaired) electrons. The first-order valence-electron chi connectivity index (χ1n) is 10.4. The van der Waals surface area contributed by atoms with Gasteiger partial charge < -0.3 is 25.6 Å². The van der Waals surface area contributed by atoms with E-state index in [-0.39, 0.29) is 18.0 Å². The SMILES string of the molecule is NCCCOc1ccc(C(=O)N[C@@H]2CCCC[C@@H](N3CCOCC3)[C@@H]2O)cc1. The Bertz CT molecular complexity index is 604. The first-order chi connectivity index (χ1) is 13.7. The quantitative estimate of drug-likeness (QED) is 0.477. The smallest absolute Gasteiger partial charge is 0.251 e. The number of nitrogens with two attached hydrogens (primary N) is 1. The lowest BCUT2D eigenvalue weighted by atomic mass is 9.99. The minimum atomic E-state index is -0.566. The molecule has 3 rings (SSSR count). The number of amides is 1. The lowest BCUT2D eigenvalue weighted by Crippen LogP contribution is -2.55. The molecule has 7 nitrogen and oxygen atoms in total. The van der Waals surface area contributed by atoms with Crippen LogP contribution in [0.25, 0.3) is 0 Å². The number of morpholine rings is 1. The molecular formula is C21H33N3O4. The molecule has 0 unspecified atom stereocenters. The molecule has 1 saturated heterocycles. The van der Waals surface area contributed by atoms with E-state index >= 15 is 0 Å². The van der Waals surface area contributed by atoms with Crippen LogP contribution < -0.4 is 15.8 Å². The number of benzene rings is 1. The maximum Gasteiger partial charge on any atom is 0.251 e. The van der Waals surface area contributed by atoms with Crippen molar-refractivity contribution in [3.63, 3.8) is 0 Å². The van der Waals surface area contributed by atoms with E-state index in [9.17, 15) is 9.90 Å². The summed E-state index contributed by atoms with van der Waals surface area (Å²) in [5.41, 5.74) is 6.04. The zero-order valence-corrected chi connectivity index (χ0v) is 16.5. The Morgan fingerprint density at radius 2 is 1.93 bits per heavy atom. The maximum absolute atomic E-state index is 12.7. The Hall–Kier alpha value is -1.67. The van der Waals surface area contributed by atoms with Crippen LogP contribution in [-0.2, 0) is 4.74 Å². The molecule has 1 aromatic carbocycles. The van der Waals surface area contributed by atoms with Gasteiger partial charge in [0, 0.05) is 24.7 Å². The number of hydrogen-bond acceptors (Lipinski definition) is 6. The Morgan fingerprint density at radius 3 is 2.64 bits per heavy atom. The summed E-state index contributed by atoms with van der Waals surface area (Å²) in [5.74, 6) is 0.576. The molecule has 1 aromatic rings. The van der Waals surface area contributed by atoms with Crippen molar-refractivity contribution in [3.8, 4) is 5.75 Å². The van der Waals surface area contributed by atoms with Crippen LogP contribution in [0.3, 0.4) is 0 Å². The van der Waals surface area contributed by atoms with E-state index in [1.165, 1.54) is 0 Å². The van der Waals surface area contributed by atoms with Gasteiger partial charge in [-0.3, -0.25) is 9.69 Å². The van der Waals surface area contributed by atoms with Crippen LogP contribution in [0.2, 0.25) is 0 Å². The number of aliphatic hydroxyl groups is 1. The van der Waals surface area contributed by atoms with Gasteiger partial charge in [-0.15, -0.1) is 0 Å². The van der Waals surface area contributed by atoms with Crippen molar-refractivity contribution >= 4 is 5.91 Å². The molecule has 7 heteroatoms. The van der Waals surface area contributed by atoms with Crippen molar-refractivity contribution in [1.82, 2.24) is 10.2 Å². The predicted octanol–water partition coefficient (Wildman–Crippen LogP) is 1.15. The topological polar surface area (TPSA) is 97.0 Å². The number of ether oxygens (including phenoxy) is 2. The highest BCUT2D eigenvalue weighted by Gasteiger charge is 2.35. The van der Waals surface area contributed by atoms with Crippen molar-refractivity contribution < 1.29 is 19.4 Å². The van der Waals surface area contributed by atoms with Crippen LogP contribution in [-0.4, -0.2) is 73.6 Å². The summed E-state index contributed by atoms with van der Waals surface area (Å²) < 4.78 is 11.0. The molecule has 1 amide bonds. The summed E-state index contributed by atoms with van der Waals surface area (Å²) >= 11 is 0. The van der Waals surface area contributed by atoms with Gasteiger partial charge in [-0.25, -0.2) is 0 Å². The van der Waals surface area contributed by atoms with Gasteiger partial charge in [0.1, 0.15) is 5.75 Å². The molecule has 28 heavy (non-hydrogen) atoms. The molecule has 1 saturated carbocycles. The molecular weight excluding hydrogens is 358 g/mol. The molecule has 0 bridgehead atoms. The zero-order chi connectivity index (χ0) is 19.8. The Balaban J connectivity index is 1.58. The van der Waals surface area contributed by atoms with E-state index in [2.05, 4.69) is 10.2 Å². The number of nitrogens with one attached hydrogen (secondary N) is 1. The predicted molar refractivity (Wildman–Crippen MR) is 108 cm³/mol. The molecule has 2 fully saturated rings. The molecule has 156 valence electrons. The second-order valence-corrected chi connectivity index (χ2v) is 7.59. The third kappa shape index (κ3) is 5.67. The summed E-state index contributed by atoms with van der Waals surface area (Å²) in [4.78, 5) is 15.0. The van der Waals surface area contributed by atoms with E-state index in [0.29, 0.717) is 31.9 Å². The van der Waals surface area contributed by atoms with Gasteiger partial charge in [0.15, 0.2) is 0 Å². The summed E-state index contributed by atoms with van der Waals surface area (Å²) in [6, 6.07) is 6.96. The highest BCUT2D eigenvalue weighted by molar-refractivity contribution is 5.94. The van der Waals surface area contributed by atoms with Gasteiger partial charge in [0.25, 0.3) is 5.91 Å². The summed E-state index contributed by atoms with van der Waals surface area (Å²) in [5, 5.41) is 14.1. The highest BCUT2D eigenvalue weighted by atomic mass is 16.5. The average Bonchev–Trinajstić information content (AvgIpc) is 2.91. The van der Waals surface area contributed by atoms with E-state index in [4.69, 9.17) is 15.2 Å². The molecule has 1 aliphatic carbocycles. The molecule has 3 atom stereocenters. The first kappa shape index (κ1) is 21.0. The van der Waals surface area contributed by atoms with Gasteiger partial charge in [-0.05, 0) is 50.1 Å². The lowest BCUT2D eigenvalue weighted by molar-refractivity contribution is -0.0308. The second-order valence-electron chi connectivity index (χ2n) is 7.59. The summed E-state index contributed by atoms with van der Waals surface area (Å²) in [6.45, 7) is 4.26. The van der Waals surface area contributed by atoms with Gasteiger partial charge in [0.2, 0.25) is 0 Å². The van der Waals surface area contributed by atoms with E-state index in [0.717, 1.165) is 50.9 Å². The largest absolute Gasteiger partial charge is 0.494 e. The second kappa shape index (κ2) is 10.8. The summed E-state index contributed by atoms with van der Waals surface area (Å²) in [7, 11) is 0. The van der Waals surface area contributed by atoms with Crippen molar-refractivity contribution in [2.75, 3.05) is 39.5 Å². The molecule has 1 aliphatic heterocycles. The molecule has 2 aliphatic rings. The van der Waals surface area contributed by atoms with Crippen LogP contribution in [0, 0.1) is 0 Å². The fourth-order valence-electron chi connectivity index (χ4n) is 4.02. The molecule has 1 heterocycles. The Labute approximate surface area is 167 Å². The standard InChI is InChI=1S/C21H33N3O4/c22-10-3-13-28-17-8-6-16(7-9-17)21(26)23-18-4-1-2-5-19(20(18)25)24-11-14-27-15-12-24/h6-9,18-20,25H,1-5,10-15,22H2,(H,23,26)/t18-,19-,20-/m1/s1. The molecule has 0 spiro atoms.